The molecule has 10 heteroatoms. The van der Waals surface area contributed by atoms with Crippen LogP contribution in [0.4, 0.5) is 15.8 Å². The molecule has 174 valence electrons. The number of hydrogen-bond acceptors (Lipinski definition) is 5. The Morgan fingerprint density at radius 2 is 1.67 bits per heavy atom. The highest BCUT2D eigenvalue weighted by Gasteiger charge is 2.28. The first kappa shape index (κ1) is 24.4. The molecule has 0 aliphatic rings. The molecule has 0 fully saturated rings. The Kier molecular flexibility index (Phi) is 7.19. The summed E-state index contributed by atoms with van der Waals surface area (Å²) < 4.78 is 40.8. The number of carbonyl (C=O) groups excluding carboxylic acids is 2. The van der Waals surface area contributed by atoms with Crippen LogP contribution in [0.1, 0.15) is 31.1 Å². The topological polar surface area (TPSA) is 95.6 Å². The molecule has 2 amide bonds. The summed E-state index contributed by atoms with van der Waals surface area (Å²) in [5, 5.41) is 7.07. The number of halogens is 1. The highest BCUT2D eigenvalue weighted by molar-refractivity contribution is 7.94. The van der Waals surface area contributed by atoms with Gasteiger partial charge in [-0.1, -0.05) is 18.2 Å². The van der Waals surface area contributed by atoms with Crippen molar-refractivity contribution in [2.45, 2.75) is 30.5 Å². The lowest BCUT2D eigenvalue weighted by molar-refractivity contribution is -0.114. The molecule has 3 aromatic rings. The molecule has 0 aliphatic carbocycles. The van der Waals surface area contributed by atoms with Crippen molar-refractivity contribution in [2.75, 3.05) is 16.2 Å². The first-order valence-corrected chi connectivity index (χ1v) is 12.3. The summed E-state index contributed by atoms with van der Waals surface area (Å²) in [4.78, 5) is 25.6. The zero-order valence-electron chi connectivity index (χ0n) is 18.3. The first-order valence-electron chi connectivity index (χ1n) is 10.0. The number of nitrogens with zero attached hydrogens (tertiary/aromatic N) is 1. The average Bonchev–Trinajstić information content (AvgIpc) is 3.28. The Labute approximate surface area is 196 Å². The Balaban J connectivity index is 1.89. The molecule has 0 saturated heterocycles. The number of thiophene rings is 1. The van der Waals surface area contributed by atoms with Gasteiger partial charge in [0.05, 0.1) is 16.9 Å². The maximum Gasteiger partial charge on any atom is 0.274 e. The van der Waals surface area contributed by atoms with Crippen LogP contribution in [0.25, 0.3) is 0 Å². The number of rotatable bonds is 7. The van der Waals surface area contributed by atoms with Crippen LogP contribution in [0.5, 0.6) is 0 Å². The Hall–Kier alpha value is -3.24. The van der Waals surface area contributed by atoms with Crippen LogP contribution in [0.2, 0.25) is 0 Å². The summed E-state index contributed by atoms with van der Waals surface area (Å²) in [6.07, 6.45) is 0. The third kappa shape index (κ3) is 6.17. The molecule has 0 bridgehead atoms. The van der Waals surface area contributed by atoms with Gasteiger partial charge in [0.1, 0.15) is 16.6 Å². The van der Waals surface area contributed by atoms with E-state index in [0.29, 0.717) is 0 Å². The molecule has 33 heavy (non-hydrogen) atoms. The van der Waals surface area contributed by atoms with Crippen LogP contribution in [-0.4, -0.2) is 32.3 Å². The van der Waals surface area contributed by atoms with E-state index in [9.17, 15) is 22.4 Å². The van der Waals surface area contributed by atoms with Crippen LogP contribution >= 0.6 is 11.3 Å². The number of anilines is 2. The second-order valence-electron chi connectivity index (χ2n) is 8.22. The molecule has 1 heterocycles. The van der Waals surface area contributed by atoms with Crippen molar-refractivity contribution >= 4 is 44.5 Å². The number of benzene rings is 2. The van der Waals surface area contributed by atoms with Gasteiger partial charge in [0.2, 0.25) is 5.91 Å². The Morgan fingerprint density at radius 3 is 2.27 bits per heavy atom. The standard InChI is InChI=1S/C23H24FN3O4S2/c1-23(2,3)26-22(29)18-7-4-5-8-19(18)25-20(28)15-27(17-12-10-16(24)11-13-17)33(30,31)21-9-6-14-32-21/h4-14H,15H2,1-3H3,(H,25,28)(H,26,29). The lowest BCUT2D eigenvalue weighted by Crippen LogP contribution is -2.41. The van der Waals surface area contributed by atoms with Gasteiger partial charge < -0.3 is 10.6 Å². The molecule has 0 spiro atoms. The van der Waals surface area contributed by atoms with E-state index in [1.165, 1.54) is 18.2 Å². The molecule has 0 radical (unpaired) electrons. The quantitative estimate of drug-likeness (QED) is 0.519. The van der Waals surface area contributed by atoms with Crippen molar-refractivity contribution in [3.8, 4) is 0 Å². The molecular weight excluding hydrogens is 465 g/mol. The molecular formula is C23H24FN3O4S2. The fourth-order valence-electron chi connectivity index (χ4n) is 2.96. The largest absolute Gasteiger partial charge is 0.347 e. The summed E-state index contributed by atoms with van der Waals surface area (Å²) in [6.45, 7) is 4.94. The molecule has 3 rings (SSSR count). The fraction of sp³-hybridized carbons (Fsp3) is 0.217. The van der Waals surface area contributed by atoms with E-state index in [2.05, 4.69) is 10.6 Å². The zero-order valence-corrected chi connectivity index (χ0v) is 20.0. The van der Waals surface area contributed by atoms with Crippen molar-refractivity contribution in [2.24, 2.45) is 0 Å². The summed E-state index contributed by atoms with van der Waals surface area (Å²) in [5.74, 6) is -1.56. The monoisotopic (exact) mass is 489 g/mol. The number of sulfonamides is 1. The highest BCUT2D eigenvalue weighted by atomic mass is 32.2. The fourth-order valence-corrected chi connectivity index (χ4v) is 5.49. The van der Waals surface area contributed by atoms with E-state index < -0.39 is 33.8 Å². The predicted molar refractivity (Wildman–Crippen MR) is 128 cm³/mol. The third-order valence-corrected chi connectivity index (χ3v) is 7.52. The maximum absolute atomic E-state index is 13.4. The molecule has 0 atom stereocenters. The van der Waals surface area contributed by atoms with Gasteiger partial charge in [-0.05, 0) is 68.6 Å². The van der Waals surface area contributed by atoms with Gasteiger partial charge in [0.15, 0.2) is 0 Å². The van der Waals surface area contributed by atoms with Crippen molar-refractivity contribution in [1.29, 1.82) is 0 Å². The van der Waals surface area contributed by atoms with Gasteiger partial charge in [-0.15, -0.1) is 11.3 Å². The molecule has 0 saturated carbocycles. The molecule has 1 aromatic heterocycles. The van der Waals surface area contributed by atoms with Crippen molar-refractivity contribution in [3.63, 3.8) is 0 Å². The Morgan fingerprint density at radius 1 is 1.00 bits per heavy atom. The molecule has 2 aromatic carbocycles. The summed E-state index contributed by atoms with van der Waals surface area (Å²) in [5.41, 5.74) is 0.147. The van der Waals surface area contributed by atoms with E-state index in [1.54, 1.807) is 35.7 Å². The SMILES string of the molecule is CC(C)(C)NC(=O)c1ccccc1NC(=O)CN(c1ccc(F)cc1)S(=O)(=O)c1cccs1. The van der Waals surface area contributed by atoms with Gasteiger partial charge in [-0.3, -0.25) is 13.9 Å². The lowest BCUT2D eigenvalue weighted by Gasteiger charge is -2.24. The third-order valence-electron chi connectivity index (χ3n) is 4.38. The lowest BCUT2D eigenvalue weighted by atomic mass is 10.1. The summed E-state index contributed by atoms with van der Waals surface area (Å²) in [6, 6.07) is 14.3. The van der Waals surface area contributed by atoms with Gasteiger partial charge in [-0.2, -0.15) is 0 Å². The van der Waals surface area contributed by atoms with Crippen LogP contribution in [0, 0.1) is 5.82 Å². The number of nitrogens with one attached hydrogen (secondary N) is 2. The molecule has 0 unspecified atom stereocenters. The van der Waals surface area contributed by atoms with Gasteiger partial charge in [0, 0.05) is 5.54 Å². The summed E-state index contributed by atoms with van der Waals surface area (Å²) >= 11 is 1.01. The first-order chi connectivity index (χ1) is 15.5. The van der Waals surface area contributed by atoms with Crippen LogP contribution in [0.3, 0.4) is 0 Å². The second kappa shape index (κ2) is 9.72. The van der Waals surface area contributed by atoms with E-state index in [1.807, 2.05) is 20.8 Å². The molecule has 0 aliphatic heterocycles. The maximum atomic E-state index is 13.4. The van der Waals surface area contributed by atoms with Crippen LogP contribution in [0.15, 0.2) is 70.3 Å². The summed E-state index contributed by atoms with van der Waals surface area (Å²) in [7, 11) is -4.07. The van der Waals surface area contributed by atoms with Gasteiger partial charge in [0.25, 0.3) is 15.9 Å². The van der Waals surface area contributed by atoms with Crippen molar-refractivity contribution in [3.05, 3.63) is 77.4 Å². The van der Waals surface area contributed by atoms with Crippen LogP contribution < -0.4 is 14.9 Å². The van der Waals surface area contributed by atoms with E-state index >= 15 is 0 Å². The minimum Gasteiger partial charge on any atom is -0.347 e. The van der Waals surface area contributed by atoms with Gasteiger partial charge in [-0.25, -0.2) is 12.8 Å². The zero-order chi connectivity index (χ0) is 24.2. The molecule has 2 N–H and O–H groups in total. The van der Waals surface area contributed by atoms with Crippen LogP contribution in [-0.2, 0) is 14.8 Å². The minimum absolute atomic E-state index is 0.0459. The smallest absolute Gasteiger partial charge is 0.274 e. The average molecular weight is 490 g/mol. The van der Waals surface area contributed by atoms with Crippen molar-refractivity contribution in [1.82, 2.24) is 5.32 Å². The Bertz CT molecular complexity index is 1240. The highest BCUT2D eigenvalue weighted by Crippen LogP contribution is 2.27. The second-order valence-corrected chi connectivity index (χ2v) is 11.3. The minimum atomic E-state index is -4.07. The number of hydrogen-bond donors (Lipinski definition) is 2. The van der Waals surface area contributed by atoms with Crippen molar-refractivity contribution < 1.29 is 22.4 Å². The number of carbonyl (C=O) groups is 2. The predicted octanol–water partition coefficient (Wildman–Crippen LogP) is 4.25. The van der Waals surface area contributed by atoms with Gasteiger partial charge >= 0.3 is 0 Å². The van der Waals surface area contributed by atoms with E-state index in [-0.39, 0.29) is 27.1 Å². The molecule has 7 nitrogen and oxygen atoms in total. The normalized spacial score (nSPS) is 11.6. The van der Waals surface area contributed by atoms with E-state index in [0.717, 1.165) is 27.8 Å². The van der Waals surface area contributed by atoms with E-state index in [4.69, 9.17) is 0 Å². The number of amides is 2. The number of para-hydroxylation sites is 1.